The minimum atomic E-state index is 0.700. The third-order valence-corrected chi connectivity index (χ3v) is 1.74. The van der Waals surface area contributed by atoms with Crippen LogP contribution in [0.15, 0.2) is 24.3 Å². The van der Waals surface area contributed by atoms with Gasteiger partial charge in [0.05, 0.1) is 0 Å². The van der Waals surface area contributed by atoms with Gasteiger partial charge in [-0.25, -0.2) is 0 Å². The molecule has 66 valence electrons. The van der Waals surface area contributed by atoms with Crippen LogP contribution in [0, 0.1) is 0 Å². The monoisotopic (exact) mass is 166 g/mol. The number of quaternary nitrogens is 1. The molecule has 0 aromatic heterocycles. The van der Waals surface area contributed by atoms with Gasteiger partial charge in [-0.1, -0.05) is 19.1 Å². The molecule has 0 radical (unpaired) electrons. The van der Waals surface area contributed by atoms with Gasteiger partial charge in [0.25, 0.3) is 0 Å². The Morgan fingerprint density at radius 2 is 1.92 bits per heavy atom. The van der Waals surface area contributed by atoms with Crippen LogP contribution in [-0.2, 0) is 6.42 Å². The van der Waals surface area contributed by atoms with E-state index in [1.165, 1.54) is 5.56 Å². The molecule has 3 N–H and O–H groups in total. The Morgan fingerprint density at radius 3 is 2.42 bits per heavy atom. The number of benzene rings is 1. The zero-order chi connectivity index (χ0) is 8.81. The van der Waals surface area contributed by atoms with Crippen molar-refractivity contribution in [2.24, 2.45) is 0 Å². The van der Waals surface area contributed by atoms with Crippen molar-refractivity contribution in [3.63, 3.8) is 0 Å². The van der Waals surface area contributed by atoms with E-state index in [4.69, 9.17) is 4.74 Å². The average molecular weight is 166 g/mol. The van der Waals surface area contributed by atoms with E-state index in [-0.39, 0.29) is 0 Å². The molecule has 0 atom stereocenters. The lowest BCUT2D eigenvalue weighted by Gasteiger charge is -2.03. The van der Waals surface area contributed by atoms with Crippen molar-refractivity contribution in [2.45, 2.75) is 13.3 Å². The van der Waals surface area contributed by atoms with Crippen molar-refractivity contribution in [2.75, 3.05) is 13.2 Å². The highest BCUT2D eigenvalue weighted by molar-refractivity contribution is 5.27. The van der Waals surface area contributed by atoms with Gasteiger partial charge in [-0.3, -0.25) is 0 Å². The highest BCUT2D eigenvalue weighted by Crippen LogP contribution is 2.11. The van der Waals surface area contributed by atoms with Crippen LogP contribution in [-0.4, -0.2) is 13.2 Å². The lowest BCUT2D eigenvalue weighted by Crippen LogP contribution is -2.52. The number of hydrogen-bond acceptors (Lipinski definition) is 1. The van der Waals surface area contributed by atoms with Crippen LogP contribution in [0.5, 0.6) is 5.75 Å². The van der Waals surface area contributed by atoms with E-state index in [9.17, 15) is 0 Å². The number of rotatable bonds is 4. The molecule has 0 bridgehead atoms. The highest BCUT2D eigenvalue weighted by atomic mass is 16.5. The molecule has 1 rings (SSSR count). The van der Waals surface area contributed by atoms with E-state index in [1.807, 2.05) is 12.1 Å². The zero-order valence-electron chi connectivity index (χ0n) is 7.55. The largest absolute Gasteiger partial charge is 0.488 e. The second kappa shape index (κ2) is 4.78. The molecule has 1 aromatic rings. The molecular weight excluding hydrogens is 150 g/mol. The van der Waals surface area contributed by atoms with Gasteiger partial charge >= 0.3 is 0 Å². The van der Waals surface area contributed by atoms with Crippen LogP contribution in [0.3, 0.4) is 0 Å². The van der Waals surface area contributed by atoms with Gasteiger partial charge in [-0.2, -0.15) is 0 Å². The average Bonchev–Trinajstić information content (AvgIpc) is 2.15. The SMILES string of the molecule is CCc1ccc(OCC[NH3+])cc1. The zero-order valence-corrected chi connectivity index (χ0v) is 7.55. The second-order valence-electron chi connectivity index (χ2n) is 2.70. The Balaban J connectivity index is 2.53. The Bertz CT molecular complexity index is 218. The summed E-state index contributed by atoms with van der Waals surface area (Å²) in [6.07, 6.45) is 1.08. The van der Waals surface area contributed by atoms with Gasteiger partial charge in [0, 0.05) is 0 Å². The summed E-state index contributed by atoms with van der Waals surface area (Å²) in [7, 11) is 0. The maximum absolute atomic E-state index is 5.39. The normalized spacial score (nSPS) is 9.83. The minimum Gasteiger partial charge on any atom is -0.488 e. The van der Waals surface area contributed by atoms with Crippen LogP contribution in [0.4, 0.5) is 0 Å². The van der Waals surface area contributed by atoms with Crippen LogP contribution in [0.25, 0.3) is 0 Å². The number of aryl methyl sites for hydroxylation is 1. The first kappa shape index (κ1) is 9.07. The van der Waals surface area contributed by atoms with E-state index >= 15 is 0 Å². The van der Waals surface area contributed by atoms with Crippen LogP contribution < -0.4 is 10.5 Å². The molecule has 1 aromatic carbocycles. The number of hydrogen-bond donors (Lipinski definition) is 1. The van der Waals surface area contributed by atoms with Gasteiger partial charge in [-0.05, 0) is 24.1 Å². The topological polar surface area (TPSA) is 36.9 Å². The first-order valence-corrected chi connectivity index (χ1v) is 4.37. The van der Waals surface area contributed by atoms with E-state index in [0.717, 1.165) is 18.7 Å². The summed E-state index contributed by atoms with van der Waals surface area (Å²) < 4.78 is 5.39. The lowest BCUT2D eigenvalue weighted by molar-refractivity contribution is -0.370. The Labute approximate surface area is 73.3 Å². The molecule has 0 amide bonds. The van der Waals surface area contributed by atoms with Gasteiger partial charge in [0.15, 0.2) is 0 Å². The van der Waals surface area contributed by atoms with Crippen LogP contribution in [0.2, 0.25) is 0 Å². The van der Waals surface area contributed by atoms with Crippen LogP contribution >= 0.6 is 0 Å². The lowest BCUT2D eigenvalue weighted by atomic mass is 10.2. The van der Waals surface area contributed by atoms with Crippen molar-refractivity contribution < 1.29 is 10.5 Å². The van der Waals surface area contributed by atoms with Gasteiger partial charge in [-0.15, -0.1) is 0 Å². The first-order chi connectivity index (χ1) is 5.86. The maximum atomic E-state index is 5.39. The predicted molar refractivity (Wildman–Crippen MR) is 49.1 cm³/mol. The minimum absolute atomic E-state index is 0.700. The molecule has 0 saturated carbocycles. The fourth-order valence-electron chi connectivity index (χ4n) is 1.01. The summed E-state index contributed by atoms with van der Waals surface area (Å²) >= 11 is 0. The Hall–Kier alpha value is -1.02. The predicted octanol–water partition coefficient (Wildman–Crippen LogP) is 0.870. The van der Waals surface area contributed by atoms with Crippen molar-refractivity contribution in [3.05, 3.63) is 29.8 Å². The summed E-state index contributed by atoms with van der Waals surface area (Å²) in [6, 6.07) is 8.21. The Kier molecular flexibility index (Phi) is 3.61. The maximum Gasteiger partial charge on any atom is 0.137 e. The van der Waals surface area contributed by atoms with Gasteiger partial charge < -0.3 is 10.5 Å². The molecule has 0 unspecified atom stereocenters. The third-order valence-electron chi connectivity index (χ3n) is 1.74. The molecule has 0 saturated heterocycles. The summed E-state index contributed by atoms with van der Waals surface area (Å²) in [6.45, 7) is 3.66. The Morgan fingerprint density at radius 1 is 1.25 bits per heavy atom. The van der Waals surface area contributed by atoms with Crippen molar-refractivity contribution in [1.82, 2.24) is 0 Å². The smallest absolute Gasteiger partial charge is 0.137 e. The van der Waals surface area contributed by atoms with Gasteiger partial charge in [0.1, 0.15) is 18.9 Å². The molecule has 0 spiro atoms. The molecule has 12 heavy (non-hydrogen) atoms. The van der Waals surface area contributed by atoms with Crippen molar-refractivity contribution in [3.8, 4) is 5.75 Å². The first-order valence-electron chi connectivity index (χ1n) is 4.37. The fourth-order valence-corrected chi connectivity index (χ4v) is 1.01. The van der Waals surface area contributed by atoms with E-state index in [2.05, 4.69) is 24.8 Å². The van der Waals surface area contributed by atoms with Crippen molar-refractivity contribution >= 4 is 0 Å². The summed E-state index contributed by atoms with van der Waals surface area (Å²) in [5.74, 6) is 0.941. The molecule has 0 heterocycles. The summed E-state index contributed by atoms with van der Waals surface area (Å²) in [4.78, 5) is 0. The van der Waals surface area contributed by atoms with Crippen LogP contribution in [0.1, 0.15) is 12.5 Å². The summed E-state index contributed by atoms with van der Waals surface area (Å²) in [5.41, 5.74) is 5.05. The second-order valence-corrected chi connectivity index (χ2v) is 2.70. The standard InChI is InChI=1S/C10H15NO/c1-2-9-3-5-10(6-4-9)12-8-7-11/h3-6H,2,7-8,11H2,1H3/p+1. The quantitative estimate of drug-likeness (QED) is 0.708. The van der Waals surface area contributed by atoms with E-state index in [1.54, 1.807) is 0 Å². The molecular formula is C10H16NO+. The van der Waals surface area contributed by atoms with E-state index < -0.39 is 0 Å². The molecule has 0 aliphatic rings. The molecule has 2 nitrogen and oxygen atoms in total. The molecule has 0 fully saturated rings. The van der Waals surface area contributed by atoms with Gasteiger partial charge in [0.2, 0.25) is 0 Å². The summed E-state index contributed by atoms with van der Waals surface area (Å²) in [5, 5.41) is 0. The molecule has 0 aliphatic carbocycles. The highest BCUT2D eigenvalue weighted by Gasteiger charge is 1.92. The molecule has 2 heteroatoms. The third kappa shape index (κ3) is 2.55. The van der Waals surface area contributed by atoms with Crippen molar-refractivity contribution in [1.29, 1.82) is 0 Å². The molecule has 0 aliphatic heterocycles. The fraction of sp³-hybridized carbons (Fsp3) is 0.400. The van der Waals surface area contributed by atoms with E-state index in [0.29, 0.717) is 6.61 Å². The number of ether oxygens (including phenoxy) is 1.